The summed E-state index contributed by atoms with van der Waals surface area (Å²) in [6.45, 7) is 2.00. The molecule has 3 nitrogen and oxygen atoms in total. The smallest absolute Gasteiger partial charge is 0.196 e. The summed E-state index contributed by atoms with van der Waals surface area (Å²) < 4.78 is 0. The molecule has 3 N–H and O–H groups in total. The van der Waals surface area contributed by atoms with Crippen molar-refractivity contribution in [3.63, 3.8) is 0 Å². The number of halogens is 1. The summed E-state index contributed by atoms with van der Waals surface area (Å²) in [5, 5.41) is 1.28. The highest BCUT2D eigenvalue weighted by Gasteiger charge is 2.17. The van der Waals surface area contributed by atoms with Gasteiger partial charge in [-0.3, -0.25) is 4.79 Å². The van der Waals surface area contributed by atoms with Gasteiger partial charge in [-0.1, -0.05) is 23.2 Å². The molecule has 0 saturated carbocycles. The Labute approximate surface area is 121 Å². The van der Waals surface area contributed by atoms with Crippen LogP contribution in [0.5, 0.6) is 0 Å². The van der Waals surface area contributed by atoms with Crippen molar-refractivity contribution in [3.05, 3.63) is 64.3 Å². The van der Waals surface area contributed by atoms with E-state index in [0.29, 0.717) is 21.8 Å². The van der Waals surface area contributed by atoms with E-state index in [1.54, 1.807) is 24.4 Å². The van der Waals surface area contributed by atoms with Gasteiger partial charge < -0.3 is 10.7 Å². The standard InChI is InChI=1S/C16H13ClN2O/c1-9-2-5-15-12(6-9)13(8-19-15)16(20)11-4-3-10(18)7-14(11)17/h2-8,19H,18H2,1H3. The fourth-order valence-corrected chi connectivity index (χ4v) is 2.56. The predicted octanol–water partition coefficient (Wildman–Crippen LogP) is 3.94. The molecule has 1 aromatic heterocycles. The zero-order valence-corrected chi connectivity index (χ0v) is 11.7. The van der Waals surface area contributed by atoms with E-state index in [1.165, 1.54) is 0 Å². The SMILES string of the molecule is Cc1ccc2[nH]cc(C(=O)c3ccc(N)cc3Cl)c2c1. The van der Waals surface area contributed by atoms with E-state index >= 15 is 0 Å². The molecule has 100 valence electrons. The molecule has 1 heterocycles. The van der Waals surface area contributed by atoms with Crippen LogP contribution in [0.25, 0.3) is 10.9 Å². The van der Waals surface area contributed by atoms with Gasteiger partial charge in [0.25, 0.3) is 0 Å². The van der Waals surface area contributed by atoms with Crippen molar-refractivity contribution in [2.75, 3.05) is 5.73 Å². The van der Waals surface area contributed by atoms with Gasteiger partial charge in [0, 0.05) is 33.9 Å². The van der Waals surface area contributed by atoms with Gasteiger partial charge >= 0.3 is 0 Å². The number of nitrogens with one attached hydrogen (secondary N) is 1. The summed E-state index contributed by atoms with van der Waals surface area (Å²) in [5.74, 6) is -0.105. The quantitative estimate of drug-likeness (QED) is 0.553. The molecule has 0 aliphatic rings. The van der Waals surface area contributed by atoms with Crippen LogP contribution in [-0.4, -0.2) is 10.8 Å². The minimum absolute atomic E-state index is 0.105. The molecule has 0 atom stereocenters. The number of fused-ring (bicyclic) bond motifs is 1. The molecule has 2 aromatic carbocycles. The van der Waals surface area contributed by atoms with Crippen LogP contribution in [-0.2, 0) is 0 Å². The summed E-state index contributed by atoms with van der Waals surface area (Å²) in [6.07, 6.45) is 1.72. The van der Waals surface area contributed by atoms with Crippen LogP contribution in [0.2, 0.25) is 5.02 Å². The maximum atomic E-state index is 12.6. The molecule has 3 aromatic rings. The van der Waals surface area contributed by atoms with E-state index in [1.807, 2.05) is 25.1 Å². The van der Waals surface area contributed by atoms with Crippen molar-refractivity contribution in [1.82, 2.24) is 4.98 Å². The predicted molar refractivity (Wildman–Crippen MR) is 82.3 cm³/mol. The zero-order chi connectivity index (χ0) is 14.3. The number of ketones is 1. The fourth-order valence-electron chi connectivity index (χ4n) is 2.28. The molecule has 0 aliphatic carbocycles. The first kappa shape index (κ1) is 12.8. The molecule has 4 heteroatoms. The number of hydrogen-bond acceptors (Lipinski definition) is 2. The Kier molecular flexibility index (Phi) is 2.99. The van der Waals surface area contributed by atoms with Crippen molar-refractivity contribution in [3.8, 4) is 0 Å². The normalized spacial score (nSPS) is 10.9. The van der Waals surface area contributed by atoms with Gasteiger partial charge in [-0.2, -0.15) is 0 Å². The average molecular weight is 285 g/mol. The van der Waals surface area contributed by atoms with Crippen LogP contribution in [0.1, 0.15) is 21.5 Å². The first-order chi connectivity index (χ1) is 9.56. The average Bonchev–Trinajstić information content (AvgIpc) is 2.81. The van der Waals surface area contributed by atoms with Crippen molar-refractivity contribution in [2.45, 2.75) is 6.92 Å². The second-order valence-corrected chi connectivity index (χ2v) is 5.23. The highest BCUT2D eigenvalue weighted by molar-refractivity contribution is 6.35. The number of aromatic nitrogens is 1. The highest BCUT2D eigenvalue weighted by Crippen LogP contribution is 2.26. The number of rotatable bonds is 2. The van der Waals surface area contributed by atoms with E-state index in [2.05, 4.69) is 4.98 Å². The molecule has 20 heavy (non-hydrogen) atoms. The van der Waals surface area contributed by atoms with Crippen LogP contribution >= 0.6 is 11.6 Å². The molecular weight excluding hydrogens is 272 g/mol. The minimum Gasteiger partial charge on any atom is -0.399 e. The fraction of sp³-hybridized carbons (Fsp3) is 0.0625. The largest absolute Gasteiger partial charge is 0.399 e. The van der Waals surface area contributed by atoms with Gasteiger partial charge in [0.15, 0.2) is 5.78 Å². The Morgan fingerprint density at radius 1 is 1.15 bits per heavy atom. The van der Waals surface area contributed by atoms with E-state index in [4.69, 9.17) is 17.3 Å². The van der Waals surface area contributed by atoms with E-state index in [-0.39, 0.29) is 5.78 Å². The van der Waals surface area contributed by atoms with E-state index in [9.17, 15) is 4.79 Å². The number of H-pyrrole nitrogens is 1. The third-order valence-corrected chi connectivity index (χ3v) is 3.63. The molecule has 3 rings (SSSR count). The number of carbonyl (C=O) groups excluding carboxylic acids is 1. The Hall–Kier alpha value is -2.26. The lowest BCUT2D eigenvalue weighted by Crippen LogP contribution is -2.02. The highest BCUT2D eigenvalue weighted by atomic mass is 35.5. The van der Waals surface area contributed by atoms with Gasteiger partial charge in [0.05, 0.1) is 5.02 Å². The molecule has 0 radical (unpaired) electrons. The monoisotopic (exact) mass is 284 g/mol. The first-order valence-electron chi connectivity index (χ1n) is 6.24. The van der Waals surface area contributed by atoms with Crippen molar-refractivity contribution < 1.29 is 4.79 Å². The Bertz CT molecular complexity index is 820. The third kappa shape index (κ3) is 2.06. The molecular formula is C16H13ClN2O. The van der Waals surface area contributed by atoms with Gasteiger partial charge in [-0.05, 0) is 37.3 Å². The summed E-state index contributed by atoms with van der Waals surface area (Å²) in [5.41, 5.74) is 9.32. The lowest BCUT2D eigenvalue weighted by Gasteiger charge is -2.04. The van der Waals surface area contributed by atoms with E-state index < -0.39 is 0 Å². The van der Waals surface area contributed by atoms with Crippen LogP contribution in [0.4, 0.5) is 5.69 Å². The number of aromatic amines is 1. The Balaban J connectivity index is 2.15. The molecule has 0 aliphatic heterocycles. The van der Waals surface area contributed by atoms with Crippen LogP contribution in [0, 0.1) is 6.92 Å². The van der Waals surface area contributed by atoms with E-state index in [0.717, 1.165) is 16.5 Å². The topological polar surface area (TPSA) is 58.9 Å². The van der Waals surface area contributed by atoms with Crippen molar-refractivity contribution in [1.29, 1.82) is 0 Å². The maximum absolute atomic E-state index is 12.6. The van der Waals surface area contributed by atoms with Crippen molar-refractivity contribution in [2.24, 2.45) is 0 Å². The lowest BCUT2D eigenvalue weighted by atomic mass is 10.0. The van der Waals surface area contributed by atoms with Gasteiger partial charge in [0.2, 0.25) is 0 Å². The van der Waals surface area contributed by atoms with Gasteiger partial charge in [-0.15, -0.1) is 0 Å². The number of nitrogen functional groups attached to an aromatic ring is 1. The minimum atomic E-state index is -0.105. The van der Waals surface area contributed by atoms with Crippen LogP contribution < -0.4 is 5.73 Å². The molecule has 0 bridgehead atoms. The summed E-state index contributed by atoms with van der Waals surface area (Å²) in [4.78, 5) is 15.7. The van der Waals surface area contributed by atoms with Crippen LogP contribution in [0.3, 0.4) is 0 Å². The van der Waals surface area contributed by atoms with Gasteiger partial charge in [0.1, 0.15) is 0 Å². The number of nitrogens with two attached hydrogens (primary N) is 1. The number of aryl methyl sites for hydroxylation is 1. The number of hydrogen-bond donors (Lipinski definition) is 2. The first-order valence-corrected chi connectivity index (χ1v) is 6.61. The summed E-state index contributed by atoms with van der Waals surface area (Å²) in [7, 11) is 0. The number of anilines is 1. The second kappa shape index (κ2) is 4.69. The molecule has 0 spiro atoms. The summed E-state index contributed by atoms with van der Waals surface area (Å²) >= 11 is 6.11. The Morgan fingerprint density at radius 3 is 2.70 bits per heavy atom. The molecule has 0 unspecified atom stereocenters. The second-order valence-electron chi connectivity index (χ2n) is 4.82. The lowest BCUT2D eigenvalue weighted by molar-refractivity contribution is 0.104. The van der Waals surface area contributed by atoms with Gasteiger partial charge in [-0.25, -0.2) is 0 Å². The summed E-state index contributed by atoms with van der Waals surface area (Å²) in [6, 6.07) is 10.9. The molecule has 0 saturated heterocycles. The van der Waals surface area contributed by atoms with Crippen molar-refractivity contribution >= 4 is 34.0 Å². The molecule has 0 amide bonds. The third-order valence-electron chi connectivity index (χ3n) is 3.32. The van der Waals surface area contributed by atoms with Crippen LogP contribution in [0.15, 0.2) is 42.6 Å². The molecule has 0 fully saturated rings. The number of carbonyl (C=O) groups is 1. The number of benzene rings is 2. The maximum Gasteiger partial charge on any atom is 0.196 e. The zero-order valence-electron chi connectivity index (χ0n) is 10.9. The Morgan fingerprint density at radius 2 is 1.95 bits per heavy atom.